The molecule has 0 aromatic rings. The van der Waals surface area contributed by atoms with Crippen LogP contribution < -0.4 is 5.32 Å². The SMILES string of the molecule is CC1CCCC1NCC1CCC(O)CC1. The Hall–Kier alpha value is -0.0800. The summed E-state index contributed by atoms with van der Waals surface area (Å²) in [6.07, 6.45) is 8.65. The van der Waals surface area contributed by atoms with E-state index >= 15 is 0 Å². The minimum absolute atomic E-state index is 0.00773. The summed E-state index contributed by atoms with van der Waals surface area (Å²) >= 11 is 0. The van der Waals surface area contributed by atoms with Gasteiger partial charge in [-0.1, -0.05) is 13.3 Å². The fourth-order valence-electron chi connectivity index (χ4n) is 3.12. The Bertz CT molecular complexity index is 187. The molecule has 2 atom stereocenters. The Morgan fingerprint density at radius 3 is 2.40 bits per heavy atom. The van der Waals surface area contributed by atoms with E-state index in [1.165, 1.54) is 38.6 Å². The van der Waals surface area contributed by atoms with Gasteiger partial charge in [0.15, 0.2) is 0 Å². The molecule has 0 saturated heterocycles. The quantitative estimate of drug-likeness (QED) is 0.751. The van der Waals surface area contributed by atoms with Gasteiger partial charge in [0.1, 0.15) is 0 Å². The van der Waals surface area contributed by atoms with Crippen molar-refractivity contribution in [2.45, 2.75) is 64.0 Å². The van der Waals surface area contributed by atoms with Crippen LogP contribution in [0.3, 0.4) is 0 Å². The molecule has 0 spiro atoms. The molecule has 0 bridgehead atoms. The Kier molecular flexibility index (Phi) is 4.04. The van der Waals surface area contributed by atoms with Crippen molar-refractivity contribution in [1.29, 1.82) is 0 Å². The highest BCUT2D eigenvalue weighted by Crippen LogP contribution is 2.27. The van der Waals surface area contributed by atoms with Crippen molar-refractivity contribution in [2.75, 3.05) is 6.54 Å². The molecule has 2 saturated carbocycles. The molecule has 2 rings (SSSR count). The second-order valence-electron chi connectivity index (χ2n) is 5.60. The van der Waals surface area contributed by atoms with E-state index in [0.29, 0.717) is 0 Å². The Labute approximate surface area is 93.5 Å². The van der Waals surface area contributed by atoms with Crippen molar-refractivity contribution in [3.8, 4) is 0 Å². The van der Waals surface area contributed by atoms with E-state index in [0.717, 1.165) is 30.7 Å². The molecule has 2 fully saturated rings. The first-order valence-corrected chi connectivity index (χ1v) is 6.67. The average molecular weight is 211 g/mol. The predicted octanol–water partition coefficient (Wildman–Crippen LogP) is 2.32. The normalized spacial score (nSPS) is 42.0. The smallest absolute Gasteiger partial charge is 0.0540 e. The fraction of sp³-hybridized carbons (Fsp3) is 1.00. The number of hydrogen-bond acceptors (Lipinski definition) is 2. The number of nitrogens with one attached hydrogen (secondary N) is 1. The van der Waals surface area contributed by atoms with Crippen molar-refractivity contribution in [2.24, 2.45) is 11.8 Å². The van der Waals surface area contributed by atoms with Gasteiger partial charge in [-0.3, -0.25) is 0 Å². The molecule has 2 nitrogen and oxygen atoms in total. The highest BCUT2D eigenvalue weighted by atomic mass is 16.3. The lowest BCUT2D eigenvalue weighted by Gasteiger charge is -2.27. The second kappa shape index (κ2) is 5.31. The summed E-state index contributed by atoms with van der Waals surface area (Å²) in [7, 11) is 0. The van der Waals surface area contributed by atoms with Crippen LogP contribution >= 0.6 is 0 Å². The number of aliphatic hydroxyl groups excluding tert-OH is 1. The van der Waals surface area contributed by atoms with E-state index in [1.54, 1.807) is 0 Å². The van der Waals surface area contributed by atoms with Crippen LogP contribution in [-0.4, -0.2) is 23.8 Å². The highest BCUT2D eigenvalue weighted by molar-refractivity contribution is 4.82. The van der Waals surface area contributed by atoms with Crippen LogP contribution in [0.25, 0.3) is 0 Å². The van der Waals surface area contributed by atoms with Gasteiger partial charge < -0.3 is 10.4 Å². The predicted molar refractivity (Wildman–Crippen MR) is 62.8 cm³/mol. The summed E-state index contributed by atoms with van der Waals surface area (Å²) in [6.45, 7) is 3.55. The van der Waals surface area contributed by atoms with Crippen molar-refractivity contribution >= 4 is 0 Å². The Morgan fingerprint density at radius 2 is 1.80 bits per heavy atom. The monoisotopic (exact) mass is 211 g/mol. The van der Waals surface area contributed by atoms with Crippen LogP contribution in [0.4, 0.5) is 0 Å². The number of hydrogen-bond donors (Lipinski definition) is 2. The summed E-state index contributed by atoms with van der Waals surface area (Å²) in [4.78, 5) is 0. The molecule has 0 heterocycles. The topological polar surface area (TPSA) is 32.3 Å². The van der Waals surface area contributed by atoms with Gasteiger partial charge in [-0.2, -0.15) is 0 Å². The zero-order valence-corrected chi connectivity index (χ0v) is 9.91. The van der Waals surface area contributed by atoms with Gasteiger partial charge in [0.2, 0.25) is 0 Å². The Balaban J connectivity index is 1.65. The molecule has 2 heteroatoms. The maximum atomic E-state index is 9.43. The van der Waals surface area contributed by atoms with Crippen molar-refractivity contribution < 1.29 is 5.11 Å². The third kappa shape index (κ3) is 3.18. The number of rotatable bonds is 3. The van der Waals surface area contributed by atoms with Gasteiger partial charge in [0.05, 0.1) is 6.10 Å². The summed E-state index contributed by atoms with van der Waals surface area (Å²) in [6, 6.07) is 0.775. The molecule has 0 amide bonds. The Morgan fingerprint density at radius 1 is 1.07 bits per heavy atom. The summed E-state index contributed by atoms with van der Waals surface area (Å²) in [5.74, 6) is 1.69. The fourth-order valence-corrected chi connectivity index (χ4v) is 3.12. The molecule has 0 aromatic heterocycles. The lowest BCUT2D eigenvalue weighted by molar-refractivity contribution is 0.107. The van der Waals surface area contributed by atoms with Crippen molar-refractivity contribution in [3.63, 3.8) is 0 Å². The first kappa shape index (κ1) is 11.4. The van der Waals surface area contributed by atoms with Crippen LogP contribution in [-0.2, 0) is 0 Å². The summed E-state index contributed by atoms with van der Waals surface area (Å²) in [5.41, 5.74) is 0. The molecule has 2 N–H and O–H groups in total. The minimum atomic E-state index is -0.00773. The van der Waals surface area contributed by atoms with Crippen LogP contribution in [0.1, 0.15) is 51.9 Å². The van der Waals surface area contributed by atoms with Gasteiger partial charge in [0, 0.05) is 6.04 Å². The molecule has 2 aliphatic carbocycles. The molecule has 2 aliphatic rings. The first-order valence-electron chi connectivity index (χ1n) is 6.67. The van der Waals surface area contributed by atoms with E-state index < -0.39 is 0 Å². The maximum Gasteiger partial charge on any atom is 0.0540 e. The molecule has 0 aromatic carbocycles. The van der Waals surface area contributed by atoms with Gasteiger partial charge in [-0.05, 0) is 56.9 Å². The van der Waals surface area contributed by atoms with E-state index in [1.807, 2.05) is 0 Å². The van der Waals surface area contributed by atoms with E-state index in [9.17, 15) is 5.11 Å². The van der Waals surface area contributed by atoms with Crippen LogP contribution in [0, 0.1) is 11.8 Å². The lowest BCUT2D eigenvalue weighted by atomic mass is 9.87. The second-order valence-corrected chi connectivity index (χ2v) is 5.60. The third-order valence-corrected chi connectivity index (χ3v) is 4.35. The molecule has 0 radical (unpaired) electrons. The van der Waals surface area contributed by atoms with Crippen molar-refractivity contribution in [3.05, 3.63) is 0 Å². The van der Waals surface area contributed by atoms with Crippen LogP contribution in [0.2, 0.25) is 0 Å². The van der Waals surface area contributed by atoms with E-state index in [4.69, 9.17) is 0 Å². The summed E-state index contributed by atoms with van der Waals surface area (Å²) in [5, 5.41) is 13.2. The minimum Gasteiger partial charge on any atom is -0.393 e. The standard InChI is InChI=1S/C13H25NO/c1-10-3-2-4-13(10)14-9-11-5-7-12(15)8-6-11/h10-15H,2-9H2,1H3. The lowest BCUT2D eigenvalue weighted by Crippen LogP contribution is -2.36. The molecule has 0 aliphatic heterocycles. The highest BCUT2D eigenvalue weighted by Gasteiger charge is 2.25. The zero-order chi connectivity index (χ0) is 10.7. The number of aliphatic hydroxyl groups is 1. The van der Waals surface area contributed by atoms with Crippen molar-refractivity contribution in [1.82, 2.24) is 5.32 Å². The molecule has 88 valence electrons. The van der Waals surface area contributed by atoms with E-state index in [2.05, 4.69) is 12.2 Å². The van der Waals surface area contributed by atoms with Crippen LogP contribution in [0.5, 0.6) is 0 Å². The first-order chi connectivity index (χ1) is 7.25. The summed E-state index contributed by atoms with van der Waals surface area (Å²) < 4.78 is 0. The zero-order valence-electron chi connectivity index (χ0n) is 9.91. The van der Waals surface area contributed by atoms with Gasteiger partial charge in [-0.25, -0.2) is 0 Å². The van der Waals surface area contributed by atoms with Gasteiger partial charge in [0.25, 0.3) is 0 Å². The molecule has 15 heavy (non-hydrogen) atoms. The molecular weight excluding hydrogens is 186 g/mol. The van der Waals surface area contributed by atoms with Gasteiger partial charge >= 0.3 is 0 Å². The van der Waals surface area contributed by atoms with Crippen LogP contribution in [0.15, 0.2) is 0 Å². The van der Waals surface area contributed by atoms with E-state index in [-0.39, 0.29) is 6.10 Å². The molecule has 2 unspecified atom stereocenters. The molecular formula is C13H25NO. The van der Waals surface area contributed by atoms with Gasteiger partial charge in [-0.15, -0.1) is 0 Å². The third-order valence-electron chi connectivity index (χ3n) is 4.35. The maximum absolute atomic E-state index is 9.43. The average Bonchev–Trinajstić information content (AvgIpc) is 2.63. The largest absolute Gasteiger partial charge is 0.393 e.